The lowest BCUT2D eigenvalue weighted by molar-refractivity contribution is -0.146. The van der Waals surface area contributed by atoms with E-state index in [4.69, 9.17) is 4.74 Å². The normalized spacial score (nSPS) is 14.9. The highest BCUT2D eigenvalue weighted by Crippen LogP contribution is 2.15. The molecule has 1 N–H and O–H groups in total. The van der Waals surface area contributed by atoms with Crippen LogP contribution in [0.1, 0.15) is 53.9 Å². The molecule has 2 atom stereocenters. The summed E-state index contributed by atoms with van der Waals surface area (Å²) in [7, 11) is 0. The average Bonchev–Trinajstić information content (AvgIpc) is 2.22. The summed E-state index contributed by atoms with van der Waals surface area (Å²) >= 11 is 0. The summed E-state index contributed by atoms with van der Waals surface area (Å²) in [4.78, 5) is 11.0. The monoisotopic (exact) mass is 241 g/mol. The summed E-state index contributed by atoms with van der Waals surface area (Å²) in [5, 5.41) is 3.20. The zero-order chi connectivity index (χ0) is 13.3. The first-order valence-electron chi connectivity index (χ1n) is 6.54. The van der Waals surface area contributed by atoms with Crippen LogP contribution in [0.2, 0.25) is 0 Å². The molecule has 0 saturated heterocycles. The topological polar surface area (TPSA) is 38.3 Å². The number of carbonyl (C=O) groups excluding carboxylic acids is 1. The second kappa shape index (κ2) is 9.08. The van der Waals surface area contributed by atoms with E-state index in [0.29, 0.717) is 12.0 Å². The van der Waals surface area contributed by atoms with Gasteiger partial charge in [-0.15, -0.1) is 0 Å². The molecule has 2 unspecified atom stereocenters. The fourth-order valence-corrected chi connectivity index (χ4v) is 1.52. The summed E-state index contributed by atoms with van der Waals surface area (Å²) in [6.45, 7) is 10.00. The van der Waals surface area contributed by atoms with Gasteiger partial charge in [-0.25, -0.2) is 0 Å². The van der Waals surface area contributed by atoms with Gasteiger partial charge in [0, 0.05) is 19.4 Å². The van der Waals surface area contributed by atoms with Gasteiger partial charge in [-0.3, -0.25) is 4.79 Å². The van der Waals surface area contributed by atoms with Crippen LogP contribution in [0.4, 0.5) is 0 Å². The number of hydrogen-bond acceptors (Lipinski definition) is 3. The summed E-state index contributed by atoms with van der Waals surface area (Å²) < 4.78 is 5.31. The Balaban J connectivity index is 4.09. The second-order valence-corrected chi connectivity index (χ2v) is 4.94. The fraction of sp³-hybridized carbons (Fsp3) is 0.786. The Morgan fingerprint density at radius 3 is 2.47 bits per heavy atom. The highest BCUT2D eigenvalue weighted by molar-refractivity contribution is 5.66. The quantitative estimate of drug-likeness (QED) is 0.663. The van der Waals surface area contributed by atoms with Gasteiger partial charge < -0.3 is 10.1 Å². The predicted octanol–water partition coefficient (Wildman–Crippen LogP) is 3.26. The van der Waals surface area contributed by atoms with E-state index in [2.05, 4.69) is 33.0 Å². The van der Waals surface area contributed by atoms with Gasteiger partial charge in [0.05, 0.1) is 0 Å². The molecule has 0 rings (SSSR count). The minimum absolute atomic E-state index is 0.00709. The van der Waals surface area contributed by atoms with E-state index in [1.807, 2.05) is 12.3 Å². The van der Waals surface area contributed by atoms with Crippen molar-refractivity contribution < 1.29 is 9.53 Å². The summed E-state index contributed by atoms with van der Waals surface area (Å²) in [6.07, 6.45) is 6.82. The highest BCUT2D eigenvalue weighted by Gasteiger charge is 2.13. The molecule has 0 aliphatic rings. The van der Waals surface area contributed by atoms with Gasteiger partial charge in [-0.05, 0) is 32.4 Å². The van der Waals surface area contributed by atoms with Crippen LogP contribution >= 0.6 is 0 Å². The first-order chi connectivity index (χ1) is 7.95. The van der Waals surface area contributed by atoms with Gasteiger partial charge >= 0.3 is 5.97 Å². The maximum absolute atomic E-state index is 11.0. The van der Waals surface area contributed by atoms with E-state index in [1.54, 1.807) is 0 Å². The number of ether oxygens (including phenoxy) is 1. The van der Waals surface area contributed by atoms with Crippen molar-refractivity contribution in [3.8, 4) is 0 Å². The number of hydrogen-bond donors (Lipinski definition) is 1. The molecule has 0 aromatic rings. The van der Waals surface area contributed by atoms with Crippen molar-refractivity contribution in [2.24, 2.45) is 5.92 Å². The SMILES string of the molecule is CCC(C)CC(C/C=C/NC(C)C)OC(C)=O. The second-order valence-electron chi connectivity index (χ2n) is 4.94. The molecule has 0 aromatic heterocycles. The molecule has 0 aliphatic carbocycles. The molecule has 0 fully saturated rings. The molecule has 0 bridgehead atoms. The Labute approximate surface area is 106 Å². The van der Waals surface area contributed by atoms with Crippen LogP contribution in [0.25, 0.3) is 0 Å². The third-order valence-corrected chi connectivity index (χ3v) is 2.64. The zero-order valence-corrected chi connectivity index (χ0v) is 11.8. The van der Waals surface area contributed by atoms with Gasteiger partial charge in [0.2, 0.25) is 0 Å². The van der Waals surface area contributed by atoms with E-state index >= 15 is 0 Å². The maximum Gasteiger partial charge on any atom is 0.302 e. The van der Waals surface area contributed by atoms with Crippen LogP contribution in [0.15, 0.2) is 12.3 Å². The lowest BCUT2D eigenvalue weighted by Crippen LogP contribution is -2.19. The minimum Gasteiger partial charge on any atom is -0.462 e. The van der Waals surface area contributed by atoms with Crippen molar-refractivity contribution in [2.75, 3.05) is 0 Å². The summed E-state index contributed by atoms with van der Waals surface area (Å²) in [5.41, 5.74) is 0. The Hall–Kier alpha value is -0.990. The molecule has 3 heteroatoms. The van der Waals surface area contributed by atoms with E-state index in [0.717, 1.165) is 19.3 Å². The standard InChI is InChI=1S/C14H27NO2/c1-6-12(4)10-14(17-13(5)16)8-7-9-15-11(2)3/h7,9,11-12,14-15H,6,8,10H2,1-5H3/b9-7+. The molecule has 17 heavy (non-hydrogen) atoms. The van der Waals surface area contributed by atoms with Gasteiger partial charge in [0.15, 0.2) is 0 Å². The number of carbonyl (C=O) groups is 1. The average molecular weight is 241 g/mol. The molecule has 0 saturated carbocycles. The number of esters is 1. The Bertz CT molecular complexity index is 236. The molecular formula is C14H27NO2. The zero-order valence-electron chi connectivity index (χ0n) is 11.8. The van der Waals surface area contributed by atoms with E-state index < -0.39 is 0 Å². The third-order valence-electron chi connectivity index (χ3n) is 2.64. The third kappa shape index (κ3) is 9.91. The van der Waals surface area contributed by atoms with E-state index in [9.17, 15) is 4.79 Å². The van der Waals surface area contributed by atoms with Gasteiger partial charge in [0.25, 0.3) is 0 Å². The van der Waals surface area contributed by atoms with Crippen molar-refractivity contribution >= 4 is 5.97 Å². The molecule has 3 nitrogen and oxygen atoms in total. The molecule has 0 radical (unpaired) electrons. The lowest BCUT2D eigenvalue weighted by atomic mass is 9.99. The van der Waals surface area contributed by atoms with Crippen molar-refractivity contribution in [2.45, 2.75) is 66.0 Å². The lowest BCUT2D eigenvalue weighted by Gasteiger charge is -2.18. The first kappa shape index (κ1) is 16.0. The van der Waals surface area contributed by atoms with Crippen molar-refractivity contribution in [3.05, 3.63) is 12.3 Å². The molecule has 0 aliphatic heterocycles. The number of rotatable bonds is 8. The van der Waals surface area contributed by atoms with Gasteiger partial charge in [0.1, 0.15) is 6.10 Å². The van der Waals surface area contributed by atoms with Crippen molar-refractivity contribution in [1.29, 1.82) is 0 Å². The van der Waals surface area contributed by atoms with Crippen LogP contribution in [0.5, 0.6) is 0 Å². The summed E-state index contributed by atoms with van der Waals surface area (Å²) in [5.74, 6) is 0.398. The van der Waals surface area contributed by atoms with Crippen molar-refractivity contribution in [1.82, 2.24) is 5.32 Å². The highest BCUT2D eigenvalue weighted by atomic mass is 16.5. The Kier molecular flexibility index (Phi) is 8.55. The molecule has 0 aromatic carbocycles. The van der Waals surface area contributed by atoms with Gasteiger partial charge in [-0.2, -0.15) is 0 Å². The molecule has 0 heterocycles. The molecular weight excluding hydrogens is 214 g/mol. The Morgan fingerprint density at radius 1 is 1.35 bits per heavy atom. The summed E-state index contributed by atoms with van der Waals surface area (Å²) in [6, 6.07) is 0.438. The number of nitrogens with one attached hydrogen (secondary N) is 1. The smallest absolute Gasteiger partial charge is 0.302 e. The first-order valence-corrected chi connectivity index (χ1v) is 6.54. The van der Waals surface area contributed by atoms with Crippen LogP contribution in [0.3, 0.4) is 0 Å². The molecule has 100 valence electrons. The van der Waals surface area contributed by atoms with E-state index in [-0.39, 0.29) is 12.1 Å². The van der Waals surface area contributed by atoms with E-state index in [1.165, 1.54) is 6.92 Å². The van der Waals surface area contributed by atoms with Crippen LogP contribution in [0, 0.1) is 5.92 Å². The van der Waals surface area contributed by atoms with Crippen LogP contribution < -0.4 is 5.32 Å². The van der Waals surface area contributed by atoms with Crippen LogP contribution in [-0.4, -0.2) is 18.1 Å². The van der Waals surface area contributed by atoms with Crippen molar-refractivity contribution in [3.63, 3.8) is 0 Å². The van der Waals surface area contributed by atoms with Crippen LogP contribution in [-0.2, 0) is 9.53 Å². The van der Waals surface area contributed by atoms with Gasteiger partial charge in [-0.1, -0.05) is 26.3 Å². The Morgan fingerprint density at radius 2 is 2.00 bits per heavy atom. The minimum atomic E-state index is -0.191. The predicted molar refractivity (Wildman–Crippen MR) is 71.7 cm³/mol. The largest absolute Gasteiger partial charge is 0.462 e. The fourth-order valence-electron chi connectivity index (χ4n) is 1.52. The maximum atomic E-state index is 11.0. The molecule has 0 amide bonds. The molecule has 0 spiro atoms.